The molecule has 1 saturated heterocycles. The van der Waals surface area contributed by atoms with Gasteiger partial charge in [-0.15, -0.1) is 0 Å². The molecule has 0 unspecified atom stereocenters. The van der Waals surface area contributed by atoms with E-state index in [0.29, 0.717) is 22.5 Å². The predicted molar refractivity (Wildman–Crippen MR) is 116 cm³/mol. The second-order valence-electron chi connectivity index (χ2n) is 6.72. The van der Waals surface area contributed by atoms with E-state index in [1.807, 2.05) is 48.5 Å². The Balaban J connectivity index is 1.58. The number of morpholine rings is 1. The molecule has 2 heterocycles. The van der Waals surface area contributed by atoms with Gasteiger partial charge >= 0.3 is 0 Å². The van der Waals surface area contributed by atoms with E-state index < -0.39 is 0 Å². The van der Waals surface area contributed by atoms with Crippen molar-refractivity contribution in [2.75, 3.05) is 39.5 Å². The summed E-state index contributed by atoms with van der Waals surface area (Å²) in [5, 5.41) is 1.35. The van der Waals surface area contributed by atoms with Crippen molar-refractivity contribution in [1.29, 1.82) is 0 Å². The highest BCUT2D eigenvalue weighted by Crippen LogP contribution is 2.31. The highest BCUT2D eigenvalue weighted by Gasteiger charge is 2.14. The van der Waals surface area contributed by atoms with E-state index in [2.05, 4.69) is 9.88 Å². The molecule has 0 atom stereocenters. The zero-order valence-corrected chi connectivity index (χ0v) is 17.4. The lowest BCUT2D eigenvalue weighted by molar-refractivity contribution is 0.0320. The molecule has 0 bridgehead atoms. The number of halogens is 2. The Morgan fingerprint density at radius 3 is 2.07 bits per heavy atom. The Bertz CT molecular complexity index is 943. The van der Waals surface area contributed by atoms with Crippen molar-refractivity contribution in [3.63, 3.8) is 0 Å². The van der Waals surface area contributed by atoms with Gasteiger partial charge in [-0.3, -0.25) is 4.90 Å². The maximum atomic E-state index is 6.06. The van der Waals surface area contributed by atoms with E-state index in [0.717, 1.165) is 55.4 Å². The van der Waals surface area contributed by atoms with Crippen molar-refractivity contribution in [2.45, 2.75) is 0 Å². The third kappa shape index (κ3) is 5.25. The first-order valence-electron chi connectivity index (χ1n) is 9.51. The van der Waals surface area contributed by atoms with Crippen molar-refractivity contribution in [1.82, 2.24) is 14.9 Å². The van der Waals surface area contributed by atoms with Gasteiger partial charge < -0.3 is 9.47 Å². The third-order valence-corrected chi connectivity index (χ3v) is 5.25. The van der Waals surface area contributed by atoms with Gasteiger partial charge in [-0.25, -0.2) is 9.97 Å². The minimum atomic E-state index is 0.501. The van der Waals surface area contributed by atoms with Crippen LogP contribution in [0.1, 0.15) is 0 Å². The first-order valence-corrected chi connectivity index (χ1v) is 10.3. The molecule has 1 aliphatic rings. The summed E-state index contributed by atoms with van der Waals surface area (Å²) in [6.45, 7) is 4.79. The Kier molecular flexibility index (Phi) is 6.62. The Labute approximate surface area is 180 Å². The van der Waals surface area contributed by atoms with Crippen LogP contribution in [0.5, 0.6) is 5.88 Å². The molecular weight excluding hydrogens is 409 g/mol. The lowest BCUT2D eigenvalue weighted by atomic mass is 10.0. The fraction of sp³-hybridized carbons (Fsp3) is 0.273. The lowest BCUT2D eigenvalue weighted by Crippen LogP contribution is -2.38. The van der Waals surface area contributed by atoms with Crippen LogP contribution in [0, 0.1) is 0 Å². The molecule has 3 aromatic rings. The molecule has 29 heavy (non-hydrogen) atoms. The van der Waals surface area contributed by atoms with Crippen LogP contribution in [-0.2, 0) is 4.74 Å². The number of benzene rings is 2. The number of hydrogen-bond donors (Lipinski definition) is 0. The van der Waals surface area contributed by atoms with E-state index in [-0.39, 0.29) is 0 Å². The Morgan fingerprint density at radius 1 is 0.862 bits per heavy atom. The normalized spacial score (nSPS) is 14.7. The monoisotopic (exact) mass is 429 g/mol. The highest BCUT2D eigenvalue weighted by atomic mass is 35.5. The van der Waals surface area contributed by atoms with Gasteiger partial charge in [0.2, 0.25) is 5.88 Å². The van der Waals surface area contributed by atoms with Gasteiger partial charge in [0.05, 0.1) is 25.1 Å². The fourth-order valence-corrected chi connectivity index (χ4v) is 3.43. The van der Waals surface area contributed by atoms with Gasteiger partial charge in [0.15, 0.2) is 0 Å². The quantitative estimate of drug-likeness (QED) is 0.561. The number of rotatable bonds is 6. The molecule has 1 fully saturated rings. The van der Waals surface area contributed by atoms with Crippen molar-refractivity contribution < 1.29 is 9.47 Å². The van der Waals surface area contributed by atoms with E-state index in [9.17, 15) is 0 Å². The number of hydrogen-bond acceptors (Lipinski definition) is 5. The van der Waals surface area contributed by atoms with Crippen LogP contribution in [0.2, 0.25) is 10.0 Å². The van der Waals surface area contributed by atoms with Gasteiger partial charge in [-0.05, 0) is 24.3 Å². The van der Waals surface area contributed by atoms with Gasteiger partial charge in [0.25, 0.3) is 0 Å². The van der Waals surface area contributed by atoms with Gasteiger partial charge in [0.1, 0.15) is 12.3 Å². The van der Waals surface area contributed by atoms with Crippen LogP contribution in [0.3, 0.4) is 0 Å². The van der Waals surface area contributed by atoms with Crippen LogP contribution in [0.4, 0.5) is 0 Å². The van der Waals surface area contributed by atoms with Crippen molar-refractivity contribution in [3.8, 4) is 28.4 Å². The molecule has 1 aromatic heterocycles. The van der Waals surface area contributed by atoms with Crippen LogP contribution in [-0.4, -0.2) is 54.3 Å². The first kappa shape index (κ1) is 20.1. The molecule has 2 aromatic carbocycles. The summed E-state index contributed by atoms with van der Waals surface area (Å²) in [6, 6.07) is 15.1. The minimum Gasteiger partial charge on any atom is -0.475 e. The lowest BCUT2D eigenvalue weighted by Gasteiger charge is -2.26. The van der Waals surface area contributed by atoms with Crippen LogP contribution in [0.25, 0.3) is 22.5 Å². The maximum Gasteiger partial charge on any atom is 0.232 e. The molecular formula is C22H21Cl2N3O2. The summed E-state index contributed by atoms with van der Waals surface area (Å²) >= 11 is 12.1. The Hall–Kier alpha value is -2.18. The number of aromatic nitrogens is 2. The zero-order valence-electron chi connectivity index (χ0n) is 15.9. The van der Waals surface area contributed by atoms with E-state index in [1.54, 1.807) is 6.20 Å². The van der Waals surface area contributed by atoms with Crippen molar-refractivity contribution in [2.24, 2.45) is 0 Å². The van der Waals surface area contributed by atoms with Crippen molar-refractivity contribution >= 4 is 23.2 Å². The predicted octanol–water partition coefficient (Wildman–Crippen LogP) is 4.83. The fourth-order valence-electron chi connectivity index (χ4n) is 3.17. The highest BCUT2D eigenvalue weighted by molar-refractivity contribution is 6.31. The molecule has 0 saturated carbocycles. The average molecular weight is 430 g/mol. The van der Waals surface area contributed by atoms with E-state index in [1.165, 1.54) is 0 Å². The van der Waals surface area contributed by atoms with E-state index in [4.69, 9.17) is 37.7 Å². The standard InChI is InChI=1S/C22H21Cl2N3O2/c23-18-5-1-16(2-6-18)21-22(17-3-7-19(24)8-4-17)26-20(15-25-21)29-14-11-27-9-12-28-13-10-27/h1-8,15H,9-14H2. The number of ether oxygens (including phenoxy) is 2. The zero-order chi connectivity index (χ0) is 20.1. The molecule has 0 N–H and O–H groups in total. The number of nitrogens with zero attached hydrogens (tertiary/aromatic N) is 3. The molecule has 0 aliphatic carbocycles. The van der Waals surface area contributed by atoms with Crippen LogP contribution >= 0.6 is 23.2 Å². The summed E-state index contributed by atoms with van der Waals surface area (Å²) in [7, 11) is 0. The van der Waals surface area contributed by atoms with Crippen LogP contribution < -0.4 is 4.74 Å². The van der Waals surface area contributed by atoms with Crippen molar-refractivity contribution in [3.05, 3.63) is 64.8 Å². The summed E-state index contributed by atoms with van der Waals surface area (Å²) in [5.41, 5.74) is 3.37. The van der Waals surface area contributed by atoms with Crippen LogP contribution in [0.15, 0.2) is 54.7 Å². The topological polar surface area (TPSA) is 47.5 Å². The second kappa shape index (κ2) is 9.55. The summed E-state index contributed by atoms with van der Waals surface area (Å²) in [5.74, 6) is 0.501. The third-order valence-electron chi connectivity index (χ3n) is 4.75. The molecule has 1 aliphatic heterocycles. The van der Waals surface area contributed by atoms with Gasteiger partial charge in [-0.2, -0.15) is 0 Å². The molecule has 4 rings (SSSR count). The summed E-state index contributed by atoms with van der Waals surface area (Å²) < 4.78 is 11.3. The maximum absolute atomic E-state index is 6.06. The smallest absolute Gasteiger partial charge is 0.232 e. The van der Waals surface area contributed by atoms with Gasteiger partial charge in [-0.1, -0.05) is 47.5 Å². The molecule has 0 radical (unpaired) electrons. The Morgan fingerprint density at radius 2 is 1.45 bits per heavy atom. The van der Waals surface area contributed by atoms with E-state index >= 15 is 0 Å². The second-order valence-corrected chi connectivity index (χ2v) is 7.59. The van der Waals surface area contributed by atoms with Gasteiger partial charge in [0, 0.05) is 40.8 Å². The first-order chi connectivity index (χ1) is 14.2. The molecule has 0 spiro atoms. The largest absolute Gasteiger partial charge is 0.475 e. The molecule has 150 valence electrons. The molecule has 0 amide bonds. The minimum absolute atomic E-state index is 0.501. The SMILES string of the molecule is Clc1ccc(-c2ncc(OCCN3CCOCC3)nc2-c2ccc(Cl)cc2)cc1. The average Bonchev–Trinajstić information content (AvgIpc) is 2.76. The molecule has 5 nitrogen and oxygen atoms in total. The summed E-state index contributed by atoms with van der Waals surface area (Å²) in [6.07, 6.45) is 1.67. The summed E-state index contributed by atoms with van der Waals surface area (Å²) in [4.78, 5) is 11.7. The molecule has 7 heteroatoms.